The molecule has 1 aromatic heterocycles. The van der Waals surface area contributed by atoms with Crippen LogP contribution in [0.4, 0.5) is 0 Å². The van der Waals surface area contributed by atoms with Crippen molar-refractivity contribution < 1.29 is 19.1 Å². The number of carbonyl (C=O) groups excluding carboxylic acids is 3. The van der Waals surface area contributed by atoms with E-state index in [0.717, 1.165) is 53.4 Å². The van der Waals surface area contributed by atoms with Crippen molar-refractivity contribution in [1.82, 2.24) is 15.2 Å². The van der Waals surface area contributed by atoms with E-state index in [4.69, 9.17) is 9.72 Å². The Morgan fingerprint density at radius 3 is 2.58 bits per heavy atom. The number of ether oxygens (including phenoxy) is 1. The quantitative estimate of drug-likeness (QED) is 0.744. The molecule has 3 rings (SSSR count). The van der Waals surface area contributed by atoms with Crippen molar-refractivity contribution in [1.29, 1.82) is 0 Å². The van der Waals surface area contributed by atoms with Gasteiger partial charge >= 0.3 is 5.97 Å². The molecule has 0 saturated carbocycles. The van der Waals surface area contributed by atoms with Crippen LogP contribution in [0.3, 0.4) is 0 Å². The molecule has 31 heavy (non-hydrogen) atoms. The second-order valence-electron chi connectivity index (χ2n) is 9.26. The highest BCUT2D eigenvalue weighted by atomic mass is 16.5. The van der Waals surface area contributed by atoms with Gasteiger partial charge in [-0.15, -0.1) is 0 Å². The third-order valence-corrected chi connectivity index (χ3v) is 5.27. The molecule has 1 N–H and O–H groups in total. The summed E-state index contributed by atoms with van der Waals surface area (Å²) in [6.45, 7) is 7.07. The number of aryl methyl sites for hydroxylation is 2. The molecule has 0 fully saturated rings. The van der Waals surface area contributed by atoms with Crippen LogP contribution in [0.1, 0.15) is 60.8 Å². The number of aromatic nitrogens is 1. The lowest BCUT2D eigenvalue weighted by Gasteiger charge is -2.23. The number of hydrogen-bond donors (Lipinski definition) is 1. The molecular formula is C24H31N3O4. The molecule has 0 bridgehead atoms. The first-order valence-electron chi connectivity index (χ1n) is 10.7. The Kier molecular flexibility index (Phi) is 6.62. The second kappa shape index (κ2) is 9.04. The highest BCUT2D eigenvalue weighted by Crippen LogP contribution is 2.30. The molecule has 0 atom stereocenters. The summed E-state index contributed by atoms with van der Waals surface area (Å²) >= 11 is 0. The zero-order valence-corrected chi connectivity index (χ0v) is 19.0. The zero-order valence-electron chi connectivity index (χ0n) is 19.0. The fraction of sp³-hybridized carbons (Fsp3) is 0.500. The number of pyridine rings is 1. The summed E-state index contributed by atoms with van der Waals surface area (Å²) in [5.74, 6) is -1.21. The molecule has 1 aliphatic carbocycles. The summed E-state index contributed by atoms with van der Waals surface area (Å²) in [7, 11) is 1.52. The van der Waals surface area contributed by atoms with Crippen LogP contribution in [0.2, 0.25) is 0 Å². The molecule has 0 aliphatic heterocycles. The first-order valence-corrected chi connectivity index (χ1v) is 10.7. The third-order valence-electron chi connectivity index (χ3n) is 5.27. The average molecular weight is 426 g/mol. The lowest BCUT2D eigenvalue weighted by Crippen LogP contribution is -2.46. The number of nitrogens with one attached hydrogen (secondary N) is 1. The third kappa shape index (κ3) is 5.60. The Morgan fingerprint density at radius 1 is 1.16 bits per heavy atom. The highest BCUT2D eigenvalue weighted by Gasteiger charge is 2.25. The molecule has 0 saturated heterocycles. The number of rotatable bonds is 5. The fourth-order valence-electron chi connectivity index (χ4n) is 3.84. The van der Waals surface area contributed by atoms with E-state index in [-0.39, 0.29) is 18.0 Å². The van der Waals surface area contributed by atoms with Gasteiger partial charge in [0.25, 0.3) is 5.91 Å². The van der Waals surface area contributed by atoms with Crippen molar-refractivity contribution in [2.45, 2.75) is 58.9 Å². The monoisotopic (exact) mass is 425 g/mol. The summed E-state index contributed by atoms with van der Waals surface area (Å²) in [6.07, 6.45) is 3.66. The van der Waals surface area contributed by atoms with E-state index >= 15 is 0 Å². The highest BCUT2D eigenvalue weighted by molar-refractivity contribution is 6.05. The van der Waals surface area contributed by atoms with E-state index in [2.05, 4.69) is 5.32 Å². The molecular weight excluding hydrogens is 394 g/mol. The summed E-state index contributed by atoms with van der Waals surface area (Å²) in [5, 5.41) is 3.57. The number of benzene rings is 1. The van der Waals surface area contributed by atoms with E-state index in [1.54, 1.807) is 0 Å². The Bertz CT molecular complexity index is 1020. The number of carbonyl (C=O) groups is 3. The molecule has 0 unspecified atom stereocenters. The summed E-state index contributed by atoms with van der Waals surface area (Å²) in [5.41, 5.74) is 3.80. The number of esters is 1. The lowest BCUT2D eigenvalue weighted by atomic mass is 9.89. The van der Waals surface area contributed by atoms with Crippen LogP contribution in [0.25, 0.3) is 10.9 Å². The molecule has 7 heteroatoms. The van der Waals surface area contributed by atoms with Crippen molar-refractivity contribution in [2.75, 3.05) is 20.2 Å². The average Bonchev–Trinajstić information content (AvgIpc) is 2.68. The van der Waals surface area contributed by atoms with E-state index < -0.39 is 18.5 Å². The van der Waals surface area contributed by atoms with Crippen LogP contribution in [-0.2, 0) is 27.2 Å². The zero-order chi connectivity index (χ0) is 22.8. The van der Waals surface area contributed by atoms with Crippen molar-refractivity contribution >= 4 is 28.7 Å². The second-order valence-corrected chi connectivity index (χ2v) is 9.26. The summed E-state index contributed by atoms with van der Waals surface area (Å²) < 4.78 is 5.42. The van der Waals surface area contributed by atoms with Gasteiger partial charge in [-0.05, 0) is 71.1 Å². The van der Waals surface area contributed by atoms with Gasteiger partial charge in [0.05, 0.1) is 17.6 Å². The molecule has 1 aliphatic rings. The number of amides is 2. The Labute approximate surface area is 183 Å². The van der Waals surface area contributed by atoms with Gasteiger partial charge in [-0.3, -0.25) is 14.6 Å². The summed E-state index contributed by atoms with van der Waals surface area (Å²) in [4.78, 5) is 43.6. The van der Waals surface area contributed by atoms with Crippen LogP contribution in [-0.4, -0.2) is 53.4 Å². The fourth-order valence-corrected chi connectivity index (χ4v) is 3.84. The first kappa shape index (κ1) is 22.7. The minimum atomic E-state index is -0.517. The van der Waals surface area contributed by atoms with E-state index in [0.29, 0.717) is 5.56 Å². The molecule has 2 aromatic rings. The standard InChI is InChI=1S/C24H31N3O4/c1-15-10-11-19-17(12-15)22(16-8-6-7-9-18(16)25-19)23(30)31-14-21(29)27(5)13-20(28)26-24(2,3)4/h10-12H,6-9,13-14H2,1-5H3,(H,26,28). The SMILES string of the molecule is Cc1ccc2nc3c(c(C(=O)OCC(=O)N(C)CC(=O)NC(C)(C)C)c2c1)CCCC3. The van der Waals surface area contributed by atoms with Crippen LogP contribution in [0.15, 0.2) is 18.2 Å². The van der Waals surface area contributed by atoms with Gasteiger partial charge in [-0.2, -0.15) is 0 Å². The minimum Gasteiger partial charge on any atom is -0.452 e. The topological polar surface area (TPSA) is 88.6 Å². The Hall–Kier alpha value is -2.96. The number of fused-ring (bicyclic) bond motifs is 2. The maximum absolute atomic E-state index is 13.1. The minimum absolute atomic E-state index is 0.0968. The number of nitrogens with zero attached hydrogens (tertiary/aromatic N) is 2. The maximum atomic E-state index is 13.1. The largest absolute Gasteiger partial charge is 0.452 e. The van der Waals surface area contributed by atoms with Crippen LogP contribution < -0.4 is 5.32 Å². The van der Waals surface area contributed by atoms with Gasteiger partial charge in [0.15, 0.2) is 6.61 Å². The van der Waals surface area contributed by atoms with Crippen molar-refractivity contribution in [3.8, 4) is 0 Å². The van der Waals surface area contributed by atoms with E-state index in [9.17, 15) is 14.4 Å². The Morgan fingerprint density at radius 2 is 1.87 bits per heavy atom. The molecule has 7 nitrogen and oxygen atoms in total. The van der Waals surface area contributed by atoms with Gasteiger partial charge in [-0.1, -0.05) is 11.6 Å². The molecule has 2 amide bonds. The number of hydrogen-bond acceptors (Lipinski definition) is 5. The van der Waals surface area contributed by atoms with Crippen LogP contribution in [0.5, 0.6) is 0 Å². The van der Waals surface area contributed by atoms with Crippen molar-refractivity contribution in [2.24, 2.45) is 0 Å². The predicted molar refractivity (Wildman–Crippen MR) is 119 cm³/mol. The smallest absolute Gasteiger partial charge is 0.339 e. The Balaban J connectivity index is 1.75. The first-order chi connectivity index (χ1) is 14.5. The van der Waals surface area contributed by atoms with E-state index in [1.807, 2.05) is 45.9 Å². The van der Waals surface area contributed by atoms with Gasteiger partial charge in [0, 0.05) is 23.7 Å². The maximum Gasteiger partial charge on any atom is 0.339 e. The molecule has 0 radical (unpaired) electrons. The lowest BCUT2D eigenvalue weighted by molar-refractivity contribution is -0.137. The molecule has 0 spiro atoms. The number of likely N-dealkylation sites (N-methyl/N-ethyl adjacent to an activating group) is 1. The normalized spacial score (nSPS) is 13.5. The molecule has 1 aromatic carbocycles. The van der Waals surface area contributed by atoms with E-state index in [1.165, 1.54) is 11.9 Å². The van der Waals surface area contributed by atoms with Crippen LogP contribution >= 0.6 is 0 Å². The predicted octanol–water partition coefficient (Wildman–Crippen LogP) is 2.95. The van der Waals surface area contributed by atoms with Crippen molar-refractivity contribution in [3.05, 3.63) is 40.6 Å². The van der Waals surface area contributed by atoms with Gasteiger partial charge in [0.2, 0.25) is 5.91 Å². The van der Waals surface area contributed by atoms with Crippen molar-refractivity contribution in [3.63, 3.8) is 0 Å². The van der Waals surface area contributed by atoms with Gasteiger partial charge < -0.3 is 15.0 Å². The summed E-state index contributed by atoms with van der Waals surface area (Å²) in [6, 6.07) is 5.84. The molecule has 166 valence electrons. The van der Waals surface area contributed by atoms with Crippen LogP contribution in [0, 0.1) is 6.92 Å². The van der Waals surface area contributed by atoms with Gasteiger partial charge in [-0.25, -0.2) is 4.79 Å². The van der Waals surface area contributed by atoms with Gasteiger partial charge in [0.1, 0.15) is 0 Å². The molecule has 1 heterocycles.